The van der Waals surface area contributed by atoms with Gasteiger partial charge in [0.25, 0.3) is 0 Å². The summed E-state index contributed by atoms with van der Waals surface area (Å²) >= 11 is 1.38. The first-order valence-corrected chi connectivity index (χ1v) is 7.78. The Kier molecular flexibility index (Phi) is 4.57. The first-order chi connectivity index (χ1) is 10.4. The van der Waals surface area contributed by atoms with Gasteiger partial charge in [0.05, 0.1) is 17.5 Å². The van der Waals surface area contributed by atoms with Crippen molar-refractivity contribution in [2.45, 2.75) is 33.1 Å². The molecule has 0 spiro atoms. The van der Waals surface area contributed by atoms with Crippen LogP contribution in [0.2, 0.25) is 0 Å². The molecule has 0 saturated heterocycles. The Balaban J connectivity index is 2.41. The molecule has 0 aliphatic carbocycles. The number of carbonyl (C=O) groups is 2. The van der Waals surface area contributed by atoms with E-state index in [2.05, 4.69) is 4.98 Å². The fourth-order valence-electron chi connectivity index (χ4n) is 2.28. The molecule has 0 radical (unpaired) electrons. The third-order valence-electron chi connectivity index (χ3n) is 3.55. The Morgan fingerprint density at radius 1 is 1.50 bits per heavy atom. The van der Waals surface area contributed by atoms with Crippen LogP contribution in [-0.2, 0) is 13.5 Å². The number of ketones is 2. The number of thiazole rings is 1. The summed E-state index contributed by atoms with van der Waals surface area (Å²) in [5.41, 5.74) is 1.74. The van der Waals surface area contributed by atoms with E-state index in [0.29, 0.717) is 16.3 Å². The molecule has 1 atom stereocenters. The van der Waals surface area contributed by atoms with Crippen molar-refractivity contribution in [3.63, 3.8) is 0 Å². The van der Waals surface area contributed by atoms with Gasteiger partial charge < -0.3 is 4.57 Å². The summed E-state index contributed by atoms with van der Waals surface area (Å²) in [5, 5.41) is 9.93. The van der Waals surface area contributed by atoms with Gasteiger partial charge in [-0.2, -0.15) is 5.26 Å². The van der Waals surface area contributed by atoms with Crippen molar-refractivity contribution in [1.82, 2.24) is 9.55 Å². The van der Waals surface area contributed by atoms with Crippen molar-refractivity contribution in [3.05, 3.63) is 39.1 Å². The minimum absolute atomic E-state index is 0.110. The molecule has 2 aromatic rings. The molecule has 5 nitrogen and oxygen atoms in total. The van der Waals surface area contributed by atoms with Crippen molar-refractivity contribution in [2.75, 3.05) is 0 Å². The Hall–Kier alpha value is -2.26. The molecule has 0 aromatic carbocycles. The lowest BCUT2D eigenvalue weighted by Gasteiger charge is -2.05. The Morgan fingerprint density at radius 3 is 2.64 bits per heavy atom. The number of rotatable bonds is 5. The van der Waals surface area contributed by atoms with Crippen LogP contribution in [0, 0.1) is 18.3 Å². The summed E-state index contributed by atoms with van der Waals surface area (Å²) in [6.45, 7) is 5.38. The predicted molar refractivity (Wildman–Crippen MR) is 84.3 cm³/mol. The zero-order valence-corrected chi connectivity index (χ0v) is 13.8. The number of carbonyl (C=O) groups excluding carboxylic acids is 2. The number of aryl methyl sites for hydroxylation is 3. The van der Waals surface area contributed by atoms with Crippen LogP contribution in [0.25, 0.3) is 0 Å². The fraction of sp³-hybridized carbons (Fsp3) is 0.375. The zero-order valence-electron chi connectivity index (χ0n) is 13.0. The number of nitriles is 1. The largest absolute Gasteiger partial charge is 0.347 e. The average Bonchev–Trinajstić information content (AvgIpc) is 3.03. The number of aromatic nitrogens is 2. The number of hydrogen-bond acceptors (Lipinski definition) is 5. The molecule has 0 aliphatic rings. The lowest BCUT2D eigenvalue weighted by atomic mass is 10.0. The molecule has 22 heavy (non-hydrogen) atoms. The minimum Gasteiger partial charge on any atom is -0.347 e. The Bertz CT molecular complexity index is 780. The van der Waals surface area contributed by atoms with Gasteiger partial charge in [0.1, 0.15) is 5.01 Å². The van der Waals surface area contributed by atoms with E-state index >= 15 is 0 Å². The first-order valence-electron chi connectivity index (χ1n) is 6.96. The van der Waals surface area contributed by atoms with Crippen LogP contribution in [-0.4, -0.2) is 21.1 Å². The van der Waals surface area contributed by atoms with E-state index in [1.165, 1.54) is 24.3 Å². The molecular weight excluding hydrogens is 298 g/mol. The maximum Gasteiger partial charge on any atom is 0.203 e. The van der Waals surface area contributed by atoms with E-state index in [-0.39, 0.29) is 11.6 Å². The van der Waals surface area contributed by atoms with Crippen LogP contribution in [0.15, 0.2) is 12.3 Å². The quantitative estimate of drug-likeness (QED) is 0.795. The smallest absolute Gasteiger partial charge is 0.203 e. The van der Waals surface area contributed by atoms with Gasteiger partial charge in [-0.3, -0.25) is 9.59 Å². The summed E-state index contributed by atoms with van der Waals surface area (Å²) in [6.07, 6.45) is 2.38. The van der Waals surface area contributed by atoms with Crippen LogP contribution in [0.4, 0.5) is 0 Å². The molecule has 0 aliphatic heterocycles. The van der Waals surface area contributed by atoms with Crippen LogP contribution < -0.4 is 0 Å². The topological polar surface area (TPSA) is 75.8 Å². The summed E-state index contributed by atoms with van der Waals surface area (Å²) in [5.74, 6) is -1.37. The molecule has 0 fully saturated rings. The molecule has 2 heterocycles. The standard InChI is InChI=1S/C16H17N3O2S/c1-5-13-10(3)22-16(18-13)12(7-17)15(21)14-6-11(9(2)20)8-19(14)4/h6,8,12H,5H2,1-4H3. The highest BCUT2D eigenvalue weighted by atomic mass is 32.1. The van der Waals surface area contributed by atoms with E-state index in [9.17, 15) is 14.9 Å². The number of hydrogen-bond donors (Lipinski definition) is 0. The van der Waals surface area contributed by atoms with E-state index in [4.69, 9.17) is 0 Å². The molecular formula is C16H17N3O2S. The van der Waals surface area contributed by atoms with E-state index in [0.717, 1.165) is 17.0 Å². The monoisotopic (exact) mass is 315 g/mol. The summed E-state index contributed by atoms with van der Waals surface area (Å²) in [6, 6.07) is 3.58. The van der Waals surface area contributed by atoms with Gasteiger partial charge in [-0.25, -0.2) is 4.98 Å². The Labute approximate surface area is 133 Å². The molecule has 0 amide bonds. The van der Waals surface area contributed by atoms with Crippen molar-refractivity contribution in [3.8, 4) is 6.07 Å². The van der Waals surface area contributed by atoms with Crippen molar-refractivity contribution in [2.24, 2.45) is 7.05 Å². The number of Topliss-reactive ketones (excluding diaryl/α,β-unsaturated/α-hetero) is 2. The minimum atomic E-state index is -0.933. The van der Waals surface area contributed by atoms with Gasteiger partial charge in [0.15, 0.2) is 11.7 Å². The van der Waals surface area contributed by atoms with Crippen LogP contribution in [0.1, 0.15) is 56.2 Å². The molecule has 114 valence electrons. The Morgan fingerprint density at radius 2 is 2.18 bits per heavy atom. The van der Waals surface area contributed by atoms with Gasteiger partial charge in [0, 0.05) is 23.7 Å². The molecule has 2 aromatic heterocycles. The van der Waals surface area contributed by atoms with Gasteiger partial charge in [0.2, 0.25) is 5.78 Å². The molecule has 2 rings (SSSR count). The zero-order chi connectivity index (χ0) is 16.4. The van der Waals surface area contributed by atoms with Gasteiger partial charge in [-0.1, -0.05) is 6.92 Å². The second-order valence-electron chi connectivity index (χ2n) is 5.12. The average molecular weight is 315 g/mol. The highest BCUT2D eigenvalue weighted by molar-refractivity contribution is 7.12. The molecule has 0 saturated carbocycles. The normalized spacial score (nSPS) is 12.0. The highest BCUT2D eigenvalue weighted by Gasteiger charge is 2.28. The second-order valence-corrected chi connectivity index (χ2v) is 6.35. The first kappa shape index (κ1) is 16.1. The lowest BCUT2D eigenvalue weighted by Crippen LogP contribution is -2.14. The summed E-state index contributed by atoms with van der Waals surface area (Å²) in [4.78, 5) is 29.5. The third-order valence-corrected chi connectivity index (χ3v) is 4.62. The van der Waals surface area contributed by atoms with Crippen molar-refractivity contribution < 1.29 is 9.59 Å². The van der Waals surface area contributed by atoms with Crippen LogP contribution in [0.5, 0.6) is 0 Å². The lowest BCUT2D eigenvalue weighted by molar-refractivity contribution is 0.0970. The van der Waals surface area contributed by atoms with Crippen molar-refractivity contribution in [1.29, 1.82) is 5.26 Å². The van der Waals surface area contributed by atoms with Crippen LogP contribution in [0.3, 0.4) is 0 Å². The maximum atomic E-state index is 12.7. The van der Waals surface area contributed by atoms with Gasteiger partial charge in [-0.05, 0) is 26.3 Å². The molecule has 1 unspecified atom stereocenters. The van der Waals surface area contributed by atoms with Gasteiger partial charge in [-0.15, -0.1) is 11.3 Å². The van der Waals surface area contributed by atoms with Crippen molar-refractivity contribution >= 4 is 22.9 Å². The molecule has 0 bridgehead atoms. The summed E-state index contributed by atoms with van der Waals surface area (Å²) < 4.78 is 1.59. The molecule has 0 N–H and O–H groups in total. The van der Waals surface area contributed by atoms with Gasteiger partial charge >= 0.3 is 0 Å². The van der Waals surface area contributed by atoms with E-state index in [1.54, 1.807) is 17.8 Å². The molecule has 6 heteroatoms. The summed E-state index contributed by atoms with van der Waals surface area (Å²) in [7, 11) is 1.69. The highest BCUT2D eigenvalue weighted by Crippen LogP contribution is 2.28. The SMILES string of the molecule is CCc1nc(C(C#N)C(=O)c2cc(C(C)=O)cn2C)sc1C. The number of nitrogens with zero attached hydrogens (tertiary/aromatic N) is 3. The maximum absolute atomic E-state index is 12.7. The predicted octanol–water partition coefficient (Wildman–Crippen LogP) is 3.05. The fourth-order valence-corrected chi connectivity index (χ4v) is 3.33. The van der Waals surface area contributed by atoms with Crippen LogP contribution >= 0.6 is 11.3 Å². The third kappa shape index (κ3) is 2.85. The second kappa shape index (κ2) is 6.24. The van der Waals surface area contributed by atoms with E-state index < -0.39 is 5.92 Å². The van der Waals surface area contributed by atoms with E-state index in [1.807, 2.05) is 19.9 Å².